The number of ether oxygens (including phenoxy) is 1. The number of likely N-dealkylation sites (tertiary alicyclic amines) is 1. The van der Waals surface area contributed by atoms with Gasteiger partial charge >= 0.3 is 0 Å². The lowest BCUT2D eigenvalue weighted by atomic mass is 10.1. The quantitative estimate of drug-likeness (QED) is 0.927. The molecule has 116 valence electrons. The van der Waals surface area contributed by atoms with Crippen LogP contribution < -0.4 is 4.74 Å². The number of carbonyl (C=O) groups is 1. The Kier molecular flexibility index (Phi) is 5.62. The van der Waals surface area contributed by atoms with Crippen LogP contribution in [-0.2, 0) is 4.79 Å². The standard InChI is InChI=1S/C17H25NO3/c1-13-8-14(2)10-16(9-13)21-12-17(20)18-7-5-3-4-6-15(18)11-19/h8-10,15,19H,3-7,11-12H2,1-2H3. The normalized spacial score (nSPS) is 19.2. The van der Waals surface area contributed by atoms with E-state index in [-0.39, 0.29) is 25.2 Å². The predicted octanol–water partition coefficient (Wildman–Crippen LogP) is 2.45. The fraction of sp³-hybridized carbons (Fsp3) is 0.588. The Morgan fingerprint density at radius 1 is 1.24 bits per heavy atom. The number of rotatable bonds is 4. The Hall–Kier alpha value is -1.55. The average Bonchev–Trinajstić information content (AvgIpc) is 2.69. The highest BCUT2D eigenvalue weighted by Gasteiger charge is 2.24. The van der Waals surface area contributed by atoms with E-state index in [2.05, 4.69) is 6.07 Å². The first-order valence-electron chi connectivity index (χ1n) is 7.71. The third-order valence-corrected chi connectivity index (χ3v) is 3.97. The molecule has 1 amide bonds. The van der Waals surface area contributed by atoms with Gasteiger partial charge in [0, 0.05) is 6.54 Å². The molecule has 0 bridgehead atoms. The largest absolute Gasteiger partial charge is 0.484 e. The first-order chi connectivity index (χ1) is 10.1. The lowest BCUT2D eigenvalue weighted by Gasteiger charge is -2.28. The Morgan fingerprint density at radius 3 is 2.62 bits per heavy atom. The molecule has 1 heterocycles. The van der Waals surface area contributed by atoms with Gasteiger partial charge in [0.1, 0.15) is 5.75 Å². The minimum Gasteiger partial charge on any atom is -0.484 e. The average molecular weight is 291 g/mol. The molecule has 0 spiro atoms. The van der Waals surface area contributed by atoms with E-state index in [1.54, 1.807) is 4.90 Å². The maximum Gasteiger partial charge on any atom is 0.260 e. The molecule has 1 fully saturated rings. The van der Waals surface area contributed by atoms with Crippen molar-refractivity contribution in [3.8, 4) is 5.75 Å². The van der Waals surface area contributed by atoms with Crippen LogP contribution in [0.3, 0.4) is 0 Å². The van der Waals surface area contributed by atoms with Crippen molar-refractivity contribution in [1.82, 2.24) is 4.90 Å². The van der Waals surface area contributed by atoms with Crippen LogP contribution >= 0.6 is 0 Å². The van der Waals surface area contributed by atoms with E-state index in [9.17, 15) is 9.90 Å². The zero-order valence-corrected chi connectivity index (χ0v) is 13.0. The van der Waals surface area contributed by atoms with Crippen molar-refractivity contribution < 1.29 is 14.6 Å². The molecule has 1 atom stereocenters. The third-order valence-electron chi connectivity index (χ3n) is 3.97. The van der Waals surface area contributed by atoms with Crippen LogP contribution in [0.1, 0.15) is 36.8 Å². The van der Waals surface area contributed by atoms with Crippen molar-refractivity contribution in [2.75, 3.05) is 19.8 Å². The van der Waals surface area contributed by atoms with Crippen LogP contribution in [-0.4, -0.2) is 41.7 Å². The number of benzene rings is 1. The number of aliphatic hydroxyl groups excluding tert-OH is 1. The maximum atomic E-state index is 12.4. The summed E-state index contributed by atoms with van der Waals surface area (Å²) in [5.41, 5.74) is 2.25. The molecule has 0 aromatic heterocycles. The highest BCUT2D eigenvalue weighted by Crippen LogP contribution is 2.19. The molecule has 1 aromatic carbocycles. The Labute approximate surface area is 126 Å². The van der Waals surface area contributed by atoms with Gasteiger partial charge in [-0.2, -0.15) is 0 Å². The topological polar surface area (TPSA) is 49.8 Å². The lowest BCUT2D eigenvalue weighted by Crippen LogP contribution is -2.44. The molecule has 21 heavy (non-hydrogen) atoms. The number of aryl methyl sites for hydroxylation is 2. The fourth-order valence-electron chi connectivity index (χ4n) is 2.94. The van der Waals surface area contributed by atoms with Crippen LogP contribution in [0, 0.1) is 13.8 Å². The molecule has 1 aliphatic heterocycles. The fourth-order valence-corrected chi connectivity index (χ4v) is 2.94. The van der Waals surface area contributed by atoms with Crippen molar-refractivity contribution in [3.05, 3.63) is 29.3 Å². The summed E-state index contributed by atoms with van der Waals surface area (Å²) in [5.74, 6) is 0.700. The summed E-state index contributed by atoms with van der Waals surface area (Å²) in [6, 6.07) is 5.90. The summed E-state index contributed by atoms with van der Waals surface area (Å²) >= 11 is 0. The Bertz CT molecular complexity index is 467. The van der Waals surface area contributed by atoms with E-state index in [0.29, 0.717) is 0 Å². The number of carbonyl (C=O) groups excluding carboxylic acids is 1. The molecule has 0 aliphatic carbocycles. The summed E-state index contributed by atoms with van der Waals surface area (Å²) in [5, 5.41) is 9.46. The van der Waals surface area contributed by atoms with E-state index in [1.165, 1.54) is 0 Å². The van der Waals surface area contributed by atoms with E-state index in [0.717, 1.165) is 49.1 Å². The van der Waals surface area contributed by atoms with Crippen molar-refractivity contribution in [3.63, 3.8) is 0 Å². The Balaban J connectivity index is 1.96. The van der Waals surface area contributed by atoms with Crippen LogP contribution in [0.15, 0.2) is 18.2 Å². The first kappa shape index (κ1) is 15.8. The van der Waals surface area contributed by atoms with E-state index >= 15 is 0 Å². The van der Waals surface area contributed by atoms with Gasteiger partial charge in [0.2, 0.25) is 0 Å². The second kappa shape index (κ2) is 7.46. The number of hydrogen-bond donors (Lipinski definition) is 1. The highest BCUT2D eigenvalue weighted by atomic mass is 16.5. The summed E-state index contributed by atoms with van der Waals surface area (Å²) < 4.78 is 5.64. The third kappa shape index (κ3) is 4.46. The molecule has 1 N–H and O–H groups in total. The van der Waals surface area contributed by atoms with Crippen LogP contribution in [0.4, 0.5) is 0 Å². The summed E-state index contributed by atoms with van der Waals surface area (Å²) in [6.45, 7) is 4.82. The van der Waals surface area contributed by atoms with Gasteiger partial charge in [-0.15, -0.1) is 0 Å². The zero-order chi connectivity index (χ0) is 15.2. The van der Waals surface area contributed by atoms with Gasteiger partial charge in [-0.1, -0.05) is 18.9 Å². The van der Waals surface area contributed by atoms with Crippen LogP contribution in [0.25, 0.3) is 0 Å². The van der Waals surface area contributed by atoms with Gasteiger partial charge in [-0.25, -0.2) is 0 Å². The number of hydrogen-bond acceptors (Lipinski definition) is 3. The van der Waals surface area contributed by atoms with Gasteiger partial charge in [0.25, 0.3) is 5.91 Å². The van der Waals surface area contributed by atoms with E-state index in [4.69, 9.17) is 4.74 Å². The summed E-state index contributed by atoms with van der Waals surface area (Å²) in [7, 11) is 0. The molecule has 1 aliphatic rings. The van der Waals surface area contributed by atoms with Gasteiger partial charge in [0.05, 0.1) is 12.6 Å². The molecular formula is C17H25NO3. The molecule has 2 rings (SSSR count). The van der Waals surface area contributed by atoms with Crippen molar-refractivity contribution >= 4 is 5.91 Å². The number of amides is 1. The van der Waals surface area contributed by atoms with Gasteiger partial charge < -0.3 is 14.7 Å². The highest BCUT2D eigenvalue weighted by molar-refractivity contribution is 5.78. The molecule has 0 saturated carbocycles. The molecule has 1 unspecified atom stereocenters. The molecule has 4 heteroatoms. The number of aliphatic hydroxyl groups is 1. The van der Waals surface area contributed by atoms with Crippen molar-refractivity contribution in [2.24, 2.45) is 0 Å². The smallest absolute Gasteiger partial charge is 0.260 e. The zero-order valence-electron chi connectivity index (χ0n) is 13.0. The molecular weight excluding hydrogens is 266 g/mol. The maximum absolute atomic E-state index is 12.4. The van der Waals surface area contributed by atoms with Crippen LogP contribution in [0.5, 0.6) is 5.75 Å². The minimum absolute atomic E-state index is 0.0323. The second-order valence-electron chi connectivity index (χ2n) is 5.88. The van der Waals surface area contributed by atoms with Gasteiger partial charge in [-0.05, 0) is 49.9 Å². The van der Waals surface area contributed by atoms with Crippen molar-refractivity contribution in [1.29, 1.82) is 0 Å². The molecule has 0 radical (unpaired) electrons. The van der Waals surface area contributed by atoms with Crippen molar-refractivity contribution in [2.45, 2.75) is 45.6 Å². The summed E-state index contributed by atoms with van der Waals surface area (Å²) in [4.78, 5) is 14.1. The monoisotopic (exact) mass is 291 g/mol. The minimum atomic E-state index is -0.0529. The van der Waals surface area contributed by atoms with E-state index < -0.39 is 0 Å². The van der Waals surface area contributed by atoms with E-state index in [1.807, 2.05) is 26.0 Å². The molecule has 1 saturated heterocycles. The van der Waals surface area contributed by atoms with Gasteiger partial charge in [-0.3, -0.25) is 4.79 Å². The number of nitrogens with zero attached hydrogens (tertiary/aromatic N) is 1. The Morgan fingerprint density at radius 2 is 1.95 bits per heavy atom. The van der Waals surface area contributed by atoms with Gasteiger partial charge in [0.15, 0.2) is 6.61 Å². The predicted molar refractivity (Wildman–Crippen MR) is 82.5 cm³/mol. The summed E-state index contributed by atoms with van der Waals surface area (Å²) in [6.07, 6.45) is 4.09. The second-order valence-corrected chi connectivity index (χ2v) is 5.88. The molecule has 4 nitrogen and oxygen atoms in total. The molecule has 1 aromatic rings. The van der Waals surface area contributed by atoms with Crippen LogP contribution in [0.2, 0.25) is 0 Å². The lowest BCUT2D eigenvalue weighted by molar-refractivity contribution is -0.136. The SMILES string of the molecule is Cc1cc(C)cc(OCC(=O)N2CCCCCC2CO)c1. The first-order valence-corrected chi connectivity index (χ1v) is 7.71.